The van der Waals surface area contributed by atoms with Crippen LogP contribution in [0.5, 0.6) is 0 Å². The monoisotopic (exact) mass is 147 g/mol. The minimum atomic E-state index is -0.889. The van der Waals surface area contributed by atoms with E-state index in [1.807, 2.05) is 0 Å². The molecule has 0 saturated carbocycles. The van der Waals surface area contributed by atoms with Gasteiger partial charge in [0.2, 0.25) is 0 Å². The summed E-state index contributed by atoms with van der Waals surface area (Å²) in [6.07, 6.45) is -1.73. The highest BCUT2D eigenvalue weighted by Crippen LogP contribution is 2.16. The Hall–Kier alpha value is -0.160. The molecule has 1 fully saturated rings. The van der Waals surface area contributed by atoms with E-state index in [1.165, 1.54) is 4.90 Å². The Morgan fingerprint density at radius 1 is 1.50 bits per heavy atom. The summed E-state index contributed by atoms with van der Waals surface area (Å²) in [5.41, 5.74) is 0. The van der Waals surface area contributed by atoms with Crippen LogP contribution in [0.1, 0.15) is 13.3 Å². The first kappa shape index (κ1) is 7.94. The smallest absolute Gasteiger partial charge is 0.135 e. The molecule has 3 atom stereocenters. The Bertz CT molecular complexity index is 118. The lowest BCUT2D eigenvalue weighted by Gasteiger charge is -2.23. The summed E-state index contributed by atoms with van der Waals surface area (Å²) >= 11 is 0. The summed E-state index contributed by atoms with van der Waals surface area (Å²) in [7, 11) is 0. The van der Waals surface area contributed by atoms with E-state index in [9.17, 15) is 0 Å². The van der Waals surface area contributed by atoms with Crippen LogP contribution < -0.4 is 0 Å². The maximum atomic E-state index is 9.14. The topological polar surface area (TPSA) is 63.9 Å². The normalized spacial score (nSPS) is 38.4. The number of hydrogen-bond donors (Lipinski definition) is 3. The number of aliphatic hydroxyl groups is 3. The van der Waals surface area contributed by atoms with Crippen LogP contribution in [-0.2, 0) is 0 Å². The Kier molecular flexibility index (Phi) is 2.25. The van der Waals surface area contributed by atoms with Crippen LogP contribution in [0.25, 0.3) is 0 Å². The molecule has 0 radical (unpaired) electrons. The van der Waals surface area contributed by atoms with Crippen LogP contribution >= 0.6 is 0 Å². The van der Waals surface area contributed by atoms with E-state index in [0.717, 1.165) is 0 Å². The Morgan fingerprint density at radius 2 is 2.10 bits per heavy atom. The molecule has 1 rings (SSSR count). The second kappa shape index (κ2) is 2.84. The molecule has 0 aliphatic carbocycles. The van der Waals surface area contributed by atoms with Gasteiger partial charge in [0.25, 0.3) is 0 Å². The molecule has 3 N–H and O–H groups in total. The first-order valence-corrected chi connectivity index (χ1v) is 3.43. The van der Waals surface area contributed by atoms with Crippen molar-refractivity contribution < 1.29 is 15.3 Å². The number of nitrogens with zero attached hydrogens (tertiary/aromatic N) is 1. The largest absolute Gasteiger partial charge is 0.389 e. The van der Waals surface area contributed by atoms with E-state index in [0.29, 0.717) is 13.0 Å². The number of rotatable bonds is 1. The molecule has 0 aromatic carbocycles. The first-order valence-electron chi connectivity index (χ1n) is 3.43. The van der Waals surface area contributed by atoms with Crippen molar-refractivity contribution in [1.82, 2.24) is 4.90 Å². The van der Waals surface area contributed by atoms with Crippen LogP contribution in [0.2, 0.25) is 0 Å². The third-order valence-corrected chi connectivity index (χ3v) is 1.85. The highest BCUT2D eigenvalue weighted by Gasteiger charge is 2.32. The summed E-state index contributed by atoms with van der Waals surface area (Å²) < 4.78 is 0. The molecule has 0 amide bonds. The molecule has 60 valence electrons. The van der Waals surface area contributed by atoms with Gasteiger partial charge in [0, 0.05) is 6.54 Å². The minimum Gasteiger partial charge on any atom is -0.389 e. The maximum Gasteiger partial charge on any atom is 0.135 e. The van der Waals surface area contributed by atoms with E-state index < -0.39 is 18.6 Å². The molecule has 0 bridgehead atoms. The maximum absolute atomic E-state index is 9.14. The fourth-order valence-electron chi connectivity index (χ4n) is 1.19. The van der Waals surface area contributed by atoms with Crippen LogP contribution in [-0.4, -0.2) is 45.3 Å². The van der Waals surface area contributed by atoms with Gasteiger partial charge in [0.15, 0.2) is 0 Å². The minimum absolute atomic E-state index is 0.534. The molecule has 4 heteroatoms. The first-order chi connectivity index (χ1) is 4.63. The molecule has 1 heterocycles. The van der Waals surface area contributed by atoms with E-state index in [2.05, 4.69) is 0 Å². The lowest BCUT2D eigenvalue weighted by Crippen LogP contribution is -2.40. The van der Waals surface area contributed by atoms with Crippen LogP contribution in [0, 0.1) is 0 Å². The molecule has 1 aliphatic rings. The fraction of sp³-hybridized carbons (Fsp3) is 1.00. The third kappa shape index (κ3) is 1.29. The van der Waals surface area contributed by atoms with Gasteiger partial charge in [-0.3, -0.25) is 4.90 Å². The van der Waals surface area contributed by atoms with Crippen molar-refractivity contribution in [2.45, 2.75) is 31.9 Å². The van der Waals surface area contributed by atoms with Crippen molar-refractivity contribution in [1.29, 1.82) is 0 Å². The van der Waals surface area contributed by atoms with Crippen molar-refractivity contribution in [2.24, 2.45) is 0 Å². The van der Waals surface area contributed by atoms with Crippen molar-refractivity contribution in [3.8, 4) is 0 Å². The zero-order chi connectivity index (χ0) is 7.72. The molecule has 0 aromatic heterocycles. The quantitative estimate of drug-likeness (QED) is 0.432. The highest BCUT2D eigenvalue weighted by molar-refractivity contribution is 4.79. The summed E-state index contributed by atoms with van der Waals surface area (Å²) in [6.45, 7) is 2.13. The molecule has 0 aromatic rings. The van der Waals surface area contributed by atoms with Gasteiger partial charge in [-0.1, -0.05) is 0 Å². The van der Waals surface area contributed by atoms with Gasteiger partial charge >= 0.3 is 0 Å². The van der Waals surface area contributed by atoms with Gasteiger partial charge in [-0.15, -0.1) is 0 Å². The molecule has 0 spiro atoms. The van der Waals surface area contributed by atoms with Gasteiger partial charge in [-0.05, 0) is 13.3 Å². The van der Waals surface area contributed by atoms with Crippen molar-refractivity contribution in [3.05, 3.63) is 0 Å². The molecule has 1 saturated heterocycles. The Morgan fingerprint density at radius 3 is 2.30 bits per heavy atom. The molecule has 10 heavy (non-hydrogen) atoms. The van der Waals surface area contributed by atoms with Gasteiger partial charge in [0.1, 0.15) is 12.5 Å². The predicted molar refractivity (Wildman–Crippen MR) is 35.0 cm³/mol. The van der Waals surface area contributed by atoms with Gasteiger partial charge in [-0.25, -0.2) is 0 Å². The Labute approximate surface area is 59.7 Å². The fourth-order valence-corrected chi connectivity index (χ4v) is 1.19. The number of likely N-dealkylation sites (tertiary alicyclic amines) is 1. The van der Waals surface area contributed by atoms with E-state index in [-0.39, 0.29) is 0 Å². The zero-order valence-corrected chi connectivity index (χ0v) is 5.94. The lowest BCUT2D eigenvalue weighted by atomic mass is 10.3. The average Bonchev–Trinajstić information content (AvgIpc) is 2.14. The standard InChI is InChI=1S/C6H13NO3/c1-4(8)7-3-2-5(9)6(7)10/h4-6,8-10H,2-3H2,1H3. The van der Waals surface area contributed by atoms with Crippen molar-refractivity contribution in [2.75, 3.05) is 6.54 Å². The molecular weight excluding hydrogens is 134 g/mol. The van der Waals surface area contributed by atoms with Crippen LogP contribution in [0.15, 0.2) is 0 Å². The second-order valence-corrected chi connectivity index (χ2v) is 2.64. The summed E-state index contributed by atoms with van der Waals surface area (Å²) in [4.78, 5) is 1.45. The van der Waals surface area contributed by atoms with Gasteiger partial charge in [-0.2, -0.15) is 0 Å². The highest BCUT2D eigenvalue weighted by atomic mass is 16.4. The molecule has 4 nitrogen and oxygen atoms in total. The van der Waals surface area contributed by atoms with Crippen LogP contribution in [0.3, 0.4) is 0 Å². The summed E-state index contributed by atoms with van der Waals surface area (Å²) in [6, 6.07) is 0. The van der Waals surface area contributed by atoms with E-state index >= 15 is 0 Å². The summed E-state index contributed by atoms with van der Waals surface area (Å²) in [5.74, 6) is 0. The predicted octanol–water partition coefficient (Wildman–Crippen LogP) is -1.29. The number of hydrogen-bond acceptors (Lipinski definition) is 4. The lowest BCUT2D eigenvalue weighted by molar-refractivity contribution is -0.101. The summed E-state index contributed by atoms with van der Waals surface area (Å²) in [5, 5.41) is 27.2. The van der Waals surface area contributed by atoms with E-state index in [1.54, 1.807) is 6.92 Å². The van der Waals surface area contributed by atoms with Gasteiger partial charge < -0.3 is 15.3 Å². The van der Waals surface area contributed by atoms with Crippen molar-refractivity contribution in [3.63, 3.8) is 0 Å². The van der Waals surface area contributed by atoms with E-state index in [4.69, 9.17) is 15.3 Å². The van der Waals surface area contributed by atoms with Crippen molar-refractivity contribution >= 4 is 0 Å². The second-order valence-electron chi connectivity index (χ2n) is 2.64. The molecule has 3 unspecified atom stereocenters. The molecular formula is C6H13NO3. The Balaban J connectivity index is 2.49. The molecule has 1 aliphatic heterocycles. The SMILES string of the molecule is CC(O)N1CCC(O)C1O. The third-order valence-electron chi connectivity index (χ3n) is 1.85. The van der Waals surface area contributed by atoms with Crippen LogP contribution in [0.4, 0.5) is 0 Å². The average molecular weight is 147 g/mol. The van der Waals surface area contributed by atoms with Gasteiger partial charge in [0.05, 0.1) is 6.10 Å². The number of aliphatic hydroxyl groups excluding tert-OH is 3. The zero-order valence-electron chi connectivity index (χ0n) is 5.94.